The molecule has 2 aromatic heterocycles. The maximum absolute atomic E-state index is 14.6. The van der Waals surface area contributed by atoms with Gasteiger partial charge in [0, 0.05) is 43.5 Å². The van der Waals surface area contributed by atoms with E-state index in [0.29, 0.717) is 41.9 Å². The Morgan fingerprint density at radius 2 is 1.64 bits per heavy atom. The second kappa shape index (κ2) is 11.7. The number of hydrogen-bond donors (Lipinski definition) is 0. The highest BCUT2D eigenvalue weighted by atomic mass is 35.5. The van der Waals surface area contributed by atoms with Gasteiger partial charge >= 0.3 is 0 Å². The number of fused-ring (bicyclic) bond motifs is 2. The zero-order valence-electron chi connectivity index (χ0n) is 22.9. The molecule has 0 saturated carbocycles. The van der Waals surface area contributed by atoms with Gasteiger partial charge in [0.1, 0.15) is 5.52 Å². The Hall–Kier alpha value is -3.48. The molecule has 10 nitrogen and oxygen atoms in total. The van der Waals surface area contributed by atoms with Crippen molar-refractivity contribution < 1.29 is 17.9 Å². The molecule has 1 fully saturated rings. The second-order valence-corrected chi connectivity index (χ2v) is 12.5. The Bertz CT molecular complexity index is 1880. The molecule has 0 amide bonds. The Kier molecular flexibility index (Phi) is 7.95. The Morgan fingerprint density at radius 1 is 0.929 bits per heavy atom. The van der Waals surface area contributed by atoms with Crippen LogP contribution in [0.25, 0.3) is 21.9 Å². The third kappa shape index (κ3) is 5.38. The van der Waals surface area contributed by atoms with Crippen molar-refractivity contribution in [3.05, 3.63) is 83.0 Å². The van der Waals surface area contributed by atoms with Crippen molar-refractivity contribution in [2.75, 3.05) is 43.1 Å². The lowest BCUT2D eigenvalue weighted by molar-refractivity contribution is -0.0444. The lowest BCUT2D eigenvalue weighted by Gasteiger charge is -2.28. The van der Waals surface area contributed by atoms with Crippen molar-refractivity contribution in [1.29, 1.82) is 0 Å². The van der Waals surface area contributed by atoms with Crippen LogP contribution < -0.4 is 9.21 Å². The first-order valence-electron chi connectivity index (χ1n) is 13.3. The van der Waals surface area contributed by atoms with Crippen LogP contribution in [0.1, 0.15) is 12.0 Å². The number of halogens is 2. The van der Waals surface area contributed by atoms with Gasteiger partial charge in [-0.15, -0.1) is 0 Å². The average molecular weight is 628 g/mol. The number of para-hydroxylation sites is 1. The number of nitrogens with zero attached hydrogens (tertiary/aromatic N) is 6. The molecule has 3 heterocycles. The van der Waals surface area contributed by atoms with Gasteiger partial charge in [-0.05, 0) is 35.4 Å². The van der Waals surface area contributed by atoms with E-state index >= 15 is 0 Å². The van der Waals surface area contributed by atoms with Crippen LogP contribution in [0, 0.1) is 0 Å². The summed E-state index contributed by atoms with van der Waals surface area (Å²) in [7, 11) is -0.190. The molecule has 0 unspecified atom stereocenters. The first kappa shape index (κ1) is 28.6. The van der Waals surface area contributed by atoms with E-state index in [-0.39, 0.29) is 28.4 Å². The number of hydrogen-bond acceptors (Lipinski definition) is 8. The molecule has 3 aromatic carbocycles. The van der Waals surface area contributed by atoms with Gasteiger partial charge in [0.15, 0.2) is 17.1 Å². The molecule has 1 aliphatic rings. The van der Waals surface area contributed by atoms with Gasteiger partial charge in [-0.25, -0.2) is 18.4 Å². The first-order valence-corrected chi connectivity index (χ1v) is 15.5. The van der Waals surface area contributed by atoms with Crippen LogP contribution >= 0.6 is 23.2 Å². The maximum atomic E-state index is 14.6. The van der Waals surface area contributed by atoms with Crippen molar-refractivity contribution in [2.45, 2.75) is 24.2 Å². The molecular weight excluding hydrogens is 599 g/mol. The molecule has 0 spiro atoms. The predicted octanol–water partition coefficient (Wildman–Crippen LogP) is 5.36. The van der Waals surface area contributed by atoms with E-state index in [1.807, 2.05) is 61.5 Å². The van der Waals surface area contributed by atoms with Crippen molar-refractivity contribution in [2.24, 2.45) is 0 Å². The fourth-order valence-corrected chi connectivity index (χ4v) is 7.38. The van der Waals surface area contributed by atoms with Crippen LogP contribution in [-0.4, -0.2) is 68.1 Å². The van der Waals surface area contributed by atoms with Crippen molar-refractivity contribution in [3.8, 4) is 0 Å². The summed E-state index contributed by atoms with van der Waals surface area (Å²) in [5, 5.41) is 1.63. The van der Waals surface area contributed by atoms with Crippen molar-refractivity contribution in [3.63, 3.8) is 0 Å². The topological polar surface area (TPSA) is 103 Å². The number of ether oxygens (including phenoxy) is 2. The van der Waals surface area contributed by atoms with Crippen molar-refractivity contribution >= 4 is 66.5 Å². The van der Waals surface area contributed by atoms with Gasteiger partial charge in [-0.2, -0.15) is 4.98 Å². The summed E-state index contributed by atoms with van der Waals surface area (Å²) >= 11 is 12.3. The monoisotopic (exact) mass is 626 g/mol. The summed E-state index contributed by atoms with van der Waals surface area (Å²) in [6.07, 6.45) is 1.46. The van der Waals surface area contributed by atoms with Crippen LogP contribution in [0.4, 0.5) is 11.4 Å². The van der Waals surface area contributed by atoms with Crippen LogP contribution in [0.15, 0.2) is 71.9 Å². The predicted molar refractivity (Wildman–Crippen MR) is 164 cm³/mol. The number of aromatic nitrogens is 4. The molecule has 0 N–H and O–H groups in total. The van der Waals surface area contributed by atoms with Crippen molar-refractivity contribution in [1.82, 2.24) is 19.5 Å². The van der Waals surface area contributed by atoms with Gasteiger partial charge < -0.3 is 18.9 Å². The summed E-state index contributed by atoms with van der Waals surface area (Å²) in [4.78, 5) is 14.8. The zero-order valence-corrected chi connectivity index (χ0v) is 25.3. The Morgan fingerprint density at radius 3 is 2.43 bits per heavy atom. The minimum atomic E-state index is -4.06. The molecule has 5 aromatic rings. The summed E-state index contributed by atoms with van der Waals surface area (Å²) in [6.45, 7) is 1.36. The molecule has 42 heavy (non-hydrogen) atoms. The van der Waals surface area contributed by atoms with E-state index < -0.39 is 16.3 Å². The standard InChI is InChI=1S/C29H28Cl2N6O4S/c1-35(2)23-11-5-9-21-20(23)8-6-12-24(21)42(38,39)37(14-13-25-40-15-16-41-25)22-10-4-3-7-19(22)17-36-18-32-26-27(30)33-29(31)34-28(26)36/h3-12,18,25H,13-17H2,1-2H3. The van der Waals surface area contributed by atoms with E-state index in [9.17, 15) is 8.42 Å². The lowest BCUT2D eigenvalue weighted by atomic mass is 10.1. The Balaban J connectivity index is 1.46. The average Bonchev–Trinajstić information content (AvgIpc) is 3.63. The van der Waals surface area contributed by atoms with E-state index in [0.717, 1.165) is 16.6 Å². The van der Waals surface area contributed by atoms with Gasteiger partial charge in [-0.1, -0.05) is 54.1 Å². The van der Waals surface area contributed by atoms with Gasteiger partial charge in [0.25, 0.3) is 10.0 Å². The van der Waals surface area contributed by atoms with Crippen LogP contribution in [-0.2, 0) is 26.0 Å². The molecule has 6 rings (SSSR count). The number of anilines is 2. The molecule has 0 bridgehead atoms. The van der Waals surface area contributed by atoms with E-state index in [1.54, 1.807) is 29.1 Å². The summed E-state index contributed by atoms with van der Waals surface area (Å²) in [6, 6.07) is 18.4. The normalized spacial score (nSPS) is 14.2. The minimum absolute atomic E-state index is 0.00338. The van der Waals surface area contributed by atoms with Gasteiger partial charge in [-0.3, -0.25) is 4.31 Å². The molecule has 0 atom stereocenters. The molecular formula is C29H28Cl2N6O4S. The summed E-state index contributed by atoms with van der Waals surface area (Å²) in [5.41, 5.74) is 3.03. The fraction of sp³-hybridized carbons (Fsp3) is 0.276. The van der Waals surface area contributed by atoms with Crippen LogP contribution in [0.5, 0.6) is 0 Å². The largest absolute Gasteiger partial charge is 0.377 e. The van der Waals surface area contributed by atoms with E-state index in [1.165, 1.54) is 4.31 Å². The lowest BCUT2D eigenvalue weighted by Crippen LogP contribution is -2.35. The number of sulfonamides is 1. The number of imidazole rings is 1. The van der Waals surface area contributed by atoms with Gasteiger partial charge in [0.2, 0.25) is 5.28 Å². The van der Waals surface area contributed by atoms with E-state index in [2.05, 4.69) is 15.0 Å². The third-order valence-electron chi connectivity index (χ3n) is 7.16. The van der Waals surface area contributed by atoms with E-state index in [4.69, 9.17) is 32.7 Å². The highest BCUT2D eigenvalue weighted by Crippen LogP contribution is 2.35. The first-order chi connectivity index (χ1) is 20.2. The van der Waals surface area contributed by atoms with Gasteiger partial charge in [0.05, 0.1) is 36.7 Å². The zero-order chi connectivity index (χ0) is 29.4. The molecule has 1 saturated heterocycles. The molecule has 0 radical (unpaired) electrons. The summed E-state index contributed by atoms with van der Waals surface area (Å²) in [5.74, 6) is 0. The minimum Gasteiger partial charge on any atom is -0.377 e. The molecule has 1 aliphatic heterocycles. The highest BCUT2D eigenvalue weighted by Gasteiger charge is 2.30. The van der Waals surface area contributed by atoms with Crippen LogP contribution in [0.3, 0.4) is 0 Å². The smallest absolute Gasteiger partial charge is 0.264 e. The third-order valence-corrected chi connectivity index (χ3v) is 9.47. The maximum Gasteiger partial charge on any atom is 0.264 e. The number of benzene rings is 3. The quantitative estimate of drug-likeness (QED) is 0.159. The molecule has 13 heteroatoms. The Labute approximate surface area is 253 Å². The molecule has 0 aliphatic carbocycles. The summed E-state index contributed by atoms with van der Waals surface area (Å²) < 4.78 is 43.8. The second-order valence-electron chi connectivity index (χ2n) is 10.0. The number of rotatable bonds is 9. The molecule has 218 valence electrons. The fourth-order valence-electron chi connectivity index (χ4n) is 5.24. The van der Waals surface area contributed by atoms with Crippen LogP contribution in [0.2, 0.25) is 10.4 Å². The SMILES string of the molecule is CN(C)c1cccc2c(S(=O)(=O)N(CCC3OCCO3)c3ccccc3Cn3cnc4c(Cl)nc(Cl)nc43)cccc12. The highest BCUT2D eigenvalue weighted by molar-refractivity contribution is 7.93.